The molecule has 1 rings (SSSR count). The van der Waals surface area contributed by atoms with Gasteiger partial charge in [0, 0.05) is 6.04 Å². The predicted molar refractivity (Wildman–Crippen MR) is 54.8 cm³/mol. The Morgan fingerprint density at radius 1 is 1.36 bits per heavy atom. The molecule has 0 spiro atoms. The third kappa shape index (κ3) is 3.64. The van der Waals surface area contributed by atoms with E-state index in [0.29, 0.717) is 12.8 Å². The molecule has 0 aromatic heterocycles. The quantitative estimate of drug-likeness (QED) is 0.747. The van der Waals surface area contributed by atoms with E-state index >= 15 is 0 Å². The number of carbonyl (C=O) groups excluding carboxylic acids is 1. The number of carbonyl (C=O) groups is 1. The SMILES string of the molecule is CC(C)NC(=O)CC1(F)CCCCC1. The largest absolute Gasteiger partial charge is 0.354 e. The van der Waals surface area contributed by atoms with Crippen LogP contribution in [0.1, 0.15) is 52.4 Å². The summed E-state index contributed by atoms with van der Waals surface area (Å²) in [6.45, 7) is 3.79. The molecule has 3 heteroatoms. The van der Waals surface area contributed by atoms with Gasteiger partial charge in [-0.15, -0.1) is 0 Å². The number of nitrogens with one attached hydrogen (secondary N) is 1. The standard InChI is InChI=1S/C11H20FNO/c1-9(2)13-10(14)8-11(12)6-4-3-5-7-11/h9H,3-8H2,1-2H3,(H,13,14). The Balaban J connectivity index is 2.37. The average molecular weight is 201 g/mol. The first-order valence-corrected chi connectivity index (χ1v) is 5.50. The molecule has 0 radical (unpaired) electrons. The zero-order valence-corrected chi connectivity index (χ0v) is 9.11. The molecule has 1 fully saturated rings. The summed E-state index contributed by atoms with van der Waals surface area (Å²) in [6, 6.07) is 0.106. The van der Waals surface area contributed by atoms with Crippen molar-refractivity contribution in [3.05, 3.63) is 0 Å². The number of hydrogen-bond acceptors (Lipinski definition) is 1. The zero-order chi connectivity index (χ0) is 10.6. The topological polar surface area (TPSA) is 29.1 Å². The monoisotopic (exact) mass is 201 g/mol. The fraction of sp³-hybridized carbons (Fsp3) is 0.909. The van der Waals surface area contributed by atoms with Gasteiger partial charge in [0.2, 0.25) is 5.91 Å². The molecule has 0 bridgehead atoms. The Hall–Kier alpha value is -0.600. The van der Waals surface area contributed by atoms with Crippen LogP contribution in [0, 0.1) is 0 Å². The summed E-state index contributed by atoms with van der Waals surface area (Å²) in [4.78, 5) is 11.4. The molecule has 0 unspecified atom stereocenters. The van der Waals surface area contributed by atoms with Gasteiger partial charge in [-0.25, -0.2) is 4.39 Å². The van der Waals surface area contributed by atoms with E-state index in [1.165, 1.54) is 0 Å². The van der Waals surface area contributed by atoms with Crippen LogP contribution in [-0.4, -0.2) is 17.6 Å². The summed E-state index contributed by atoms with van der Waals surface area (Å²) < 4.78 is 14.0. The fourth-order valence-electron chi connectivity index (χ4n) is 2.02. The second-order valence-electron chi connectivity index (χ2n) is 4.61. The van der Waals surface area contributed by atoms with E-state index in [2.05, 4.69) is 5.32 Å². The van der Waals surface area contributed by atoms with Crippen molar-refractivity contribution in [3.63, 3.8) is 0 Å². The summed E-state index contributed by atoms with van der Waals surface area (Å²) in [5, 5.41) is 2.74. The van der Waals surface area contributed by atoms with Gasteiger partial charge >= 0.3 is 0 Å². The molecule has 1 aliphatic rings. The molecule has 1 amide bonds. The number of hydrogen-bond donors (Lipinski definition) is 1. The molecule has 0 heterocycles. The van der Waals surface area contributed by atoms with Crippen molar-refractivity contribution in [1.29, 1.82) is 0 Å². The van der Waals surface area contributed by atoms with Crippen LogP contribution in [0.4, 0.5) is 4.39 Å². The lowest BCUT2D eigenvalue weighted by Gasteiger charge is -2.29. The highest BCUT2D eigenvalue weighted by Gasteiger charge is 2.33. The minimum Gasteiger partial charge on any atom is -0.354 e. The summed E-state index contributed by atoms with van der Waals surface area (Å²) >= 11 is 0. The lowest BCUT2D eigenvalue weighted by molar-refractivity contribution is -0.125. The Bertz CT molecular complexity index is 197. The Kier molecular flexibility index (Phi) is 3.90. The Morgan fingerprint density at radius 2 is 1.93 bits per heavy atom. The summed E-state index contributed by atoms with van der Waals surface area (Å²) in [5.41, 5.74) is -1.22. The normalized spacial score (nSPS) is 20.9. The van der Waals surface area contributed by atoms with Crippen LogP contribution in [0.3, 0.4) is 0 Å². The van der Waals surface area contributed by atoms with Gasteiger partial charge in [0.05, 0.1) is 6.42 Å². The maximum atomic E-state index is 14.0. The molecule has 1 aliphatic carbocycles. The summed E-state index contributed by atoms with van der Waals surface area (Å²) in [6.07, 6.45) is 4.11. The van der Waals surface area contributed by atoms with Crippen molar-refractivity contribution in [3.8, 4) is 0 Å². The number of alkyl halides is 1. The Morgan fingerprint density at radius 3 is 2.43 bits per heavy atom. The fourth-order valence-corrected chi connectivity index (χ4v) is 2.02. The van der Waals surface area contributed by atoms with Gasteiger partial charge in [0.1, 0.15) is 5.67 Å². The number of amides is 1. The van der Waals surface area contributed by atoms with Crippen molar-refractivity contribution in [2.45, 2.75) is 64.1 Å². The minimum absolute atomic E-state index is 0.0468. The lowest BCUT2D eigenvalue weighted by atomic mass is 9.84. The van der Waals surface area contributed by atoms with Crippen LogP contribution in [0.25, 0.3) is 0 Å². The zero-order valence-electron chi connectivity index (χ0n) is 9.11. The number of rotatable bonds is 3. The van der Waals surface area contributed by atoms with Crippen molar-refractivity contribution >= 4 is 5.91 Å². The highest BCUT2D eigenvalue weighted by Crippen LogP contribution is 2.34. The van der Waals surface area contributed by atoms with E-state index in [-0.39, 0.29) is 18.4 Å². The Labute approximate surface area is 85.3 Å². The summed E-state index contributed by atoms with van der Waals surface area (Å²) in [5.74, 6) is -0.149. The summed E-state index contributed by atoms with van der Waals surface area (Å²) in [7, 11) is 0. The molecule has 0 saturated heterocycles. The van der Waals surface area contributed by atoms with E-state index in [9.17, 15) is 9.18 Å². The van der Waals surface area contributed by atoms with Gasteiger partial charge in [-0.1, -0.05) is 19.3 Å². The molecule has 0 aromatic rings. The second kappa shape index (κ2) is 4.76. The van der Waals surface area contributed by atoms with Crippen LogP contribution in [-0.2, 0) is 4.79 Å². The molecule has 0 aliphatic heterocycles. The molecule has 1 N–H and O–H groups in total. The van der Waals surface area contributed by atoms with E-state index in [1.807, 2.05) is 13.8 Å². The smallest absolute Gasteiger partial charge is 0.223 e. The molecule has 0 aromatic carbocycles. The molecule has 82 valence electrons. The predicted octanol–water partition coefficient (Wildman–Crippen LogP) is 2.57. The van der Waals surface area contributed by atoms with Gasteiger partial charge < -0.3 is 5.32 Å². The van der Waals surface area contributed by atoms with Crippen LogP contribution in [0.5, 0.6) is 0 Å². The van der Waals surface area contributed by atoms with Gasteiger partial charge in [-0.05, 0) is 26.7 Å². The second-order valence-corrected chi connectivity index (χ2v) is 4.61. The first-order chi connectivity index (χ1) is 6.52. The third-order valence-corrected chi connectivity index (χ3v) is 2.68. The van der Waals surface area contributed by atoms with Crippen LogP contribution in [0.2, 0.25) is 0 Å². The van der Waals surface area contributed by atoms with Gasteiger partial charge in [0.25, 0.3) is 0 Å². The van der Waals surface area contributed by atoms with Crippen molar-refractivity contribution in [2.24, 2.45) is 0 Å². The van der Waals surface area contributed by atoms with Crippen LogP contribution < -0.4 is 5.32 Å². The minimum atomic E-state index is -1.22. The first-order valence-electron chi connectivity index (χ1n) is 5.50. The highest BCUT2D eigenvalue weighted by molar-refractivity contribution is 5.77. The van der Waals surface area contributed by atoms with Crippen molar-refractivity contribution < 1.29 is 9.18 Å². The van der Waals surface area contributed by atoms with Crippen LogP contribution >= 0.6 is 0 Å². The van der Waals surface area contributed by atoms with Crippen molar-refractivity contribution in [2.75, 3.05) is 0 Å². The average Bonchev–Trinajstić information content (AvgIpc) is 2.02. The third-order valence-electron chi connectivity index (χ3n) is 2.68. The highest BCUT2D eigenvalue weighted by atomic mass is 19.1. The molecule has 1 saturated carbocycles. The van der Waals surface area contributed by atoms with Gasteiger partial charge in [-0.3, -0.25) is 4.79 Å². The first kappa shape index (κ1) is 11.5. The van der Waals surface area contributed by atoms with Gasteiger partial charge in [-0.2, -0.15) is 0 Å². The van der Waals surface area contributed by atoms with Crippen molar-refractivity contribution in [1.82, 2.24) is 5.32 Å². The number of halogens is 1. The molecule has 14 heavy (non-hydrogen) atoms. The maximum absolute atomic E-state index is 14.0. The van der Waals surface area contributed by atoms with Gasteiger partial charge in [0.15, 0.2) is 0 Å². The lowest BCUT2D eigenvalue weighted by Crippen LogP contribution is -2.37. The van der Waals surface area contributed by atoms with E-state index in [0.717, 1.165) is 19.3 Å². The van der Waals surface area contributed by atoms with E-state index in [4.69, 9.17) is 0 Å². The maximum Gasteiger partial charge on any atom is 0.223 e. The van der Waals surface area contributed by atoms with Crippen LogP contribution in [0.15, 0.2) is 0 Å². The molecular weight excluding hydrogens is 181 g/mol. The van der Waals surface area contributed by atoms with E-state index < -0.39 is 5.67 Å². The molecular formula is C11H20FNO. The van der Waals surface area contributed by atoms with E-state index in [1.54, 1.807) is 0 Å². The molecule has 0 atom stereocenters. The molecule has 2 nitrogen and oxygen atoms in total.